The fourth-order valence-corrected chi connectivity index (χ4v) is 2.50. The number of sulfonamides is 1. The molecule has 0 aliphatic rings. The minimum absolute atomic E-state index is 0.0553. The van der Waals surface area contributed by atoms with E-state index in [4.69, 9.17) is 13.9 Å². The topological polar surface area (TPSA) is 104 Å². The minimum atomic E-state index is -3.47. The number of aromatic nitrogens is 2. The van der Waals surface area contributed by atoms with Crippen LogP contribution in [-0.2, 0) is 26.0 Å². The van der Waals surface area contributed by atoms with Crippen molar-refractivity contribution in [2.45, 2.75) is 6.54 Å². The molecular formula is C14H19N3O5S. The maximum absolute atomic E-state index is 11.8. The first-order valence-electron chi connectivity index (χ1n) is 7.02. The van der Waals surface area contributed by atoms with Crippen molar-refractivity contribution >= 4 is 10.0 Å². The van der Waals surface area contributed by atoms with Crippen LogP contribution in [0.3, 0.4) is 0 Å². The van der Waals surface area contributed by atoms with Crippen LogP contribution in [0.1, 0.15) is 5.89 Å². The Hall–Kier alpha value is -1.81. The zero-order chi connectivity index (χ0) is 16.5. The summed E-state index contributed by atoms with van der Waals surface area (Å²) in [5, 5.41) is 7.72. The summed E-state index contributed by atoms with van der Waals surface area (Å²) in [6.07, 6.45) is 0. The second-order valence-electron chi connectivity index (χ2n) is 4.61. The molecule has 23 heavy (non-hydrogen) atoms. The molecule has 126 valence electrons. The monoisotopic (exact) mass is 341 g/mol. The van der Waals surface area contributed by atoms with Crippen LogP contribution in [0, 0.1) is 0 Å². The third kappa shape index (κ3) is 6.06. The van der Waals surface area contributed by atoms with Crippen LogP contribution >= 0.6 is 0 Å². The van der Waals surface area contributed by atoms with E-state index in [1.807, 2.05) is 30.3 Å². The number of ether oxygens (including phenoxy) is 2. The van der Waals surface area contributed by atoms with Gasteiger partial charge in [-0.25, -0.2) is 13.1 Å². The number of methoxy groups -OCH3 is 1. The lowest BCUT2D eigenvalue weighted by Gasteiger charge is -2.05. The molecular weight excluding hydrogens is 322 g/mol. The van der Waals surface area contributed by atoms with E-state index in [0.29, 0.717) is 19.1 Å². The average molecular weight is 341 g/mol. The molecule has 1 N–H and O–H groups in total. The van der Waals surface area contributed by atoms with Gasteiger partial charge in [0.15, 0.2) is 0 Å². The Balaban J connectivity index is 1.80. The SMILES string of the molecule is COCCOCCS(=O)(=O)NCc1nnc(-c2ccccc2)o1. The molecule has 0 bridgehead atoms. The molecule has 2 rings (SSSR count). The van der Waals surface area contributed by atoms with Crippen LogP contribution < -0.4 is 4.72 Å². The van der Waals surface area contributed by atoms with E-state index < -0.39 is 10.0 Å². The van der Waals surface area contributed by atoms with E-state index in [9.17, 15) is 8.42 Å². The molecule has 0 fully saturated rings. The molecule has 0 unspecified atom stereocenters. The summed E-state index contributed by atoms with van der Waals surface area (Å²) in [7, 11) is -1.91. The summed E-state index contributed by atoms with van der Waals surface area (Å²) in [5.74, 6) is 0.409. The van der Waals surface area contributed by atoms with Crippen LogP contribution in [-0.4, -0.2) is 51.3 Å². The van der Waals surface area contributed by atoms with Crippen LogP contribution in [0.25, 0.3) is 11.5 Å². The third-order valence-electron chi connectivity index (χ3n) is 2.86. The number of hydrogen-bond acceptors (Lipinski definition) is 7. The highest BCUT2D eigenvalue weighted by Crippen LogP contribution is 2.16. The van der Waals surface area contributed by atoms with E-state index in [2.05, 4.69) is 14.9 Å². The van der Waals surface area contributed by atoms with Crippen LogP contribution in [0.2, 0.25) is 0 Å². The van der Waals surface area contributed by atoms with E-state index >= 15 is 0 Å². The van der Waals surface area contributed by atoms with Gasteiger partial charge in [-0.3, -0.25) is 0 Å². The number of hydrogen-bond donors (Lipinski definition) is 1. The molecule has 1 heterocycles. The highest BCUT2D eigenvalue weighted by atomic mass is 32.2. The molecule has 0 amide bonds. The lowest BCUT2D eigenvalue weighted by molar-refractivity contribution is 0.0784. The Bertz CT molecular complexity index is 687. The van der Waals surface area contributed by atoms with Gasteiger partial charge < -0.3 is 13.9 Å². The van der Waals surface area contributed by atoms with Crippen LogP contribution in [0.5, 0.6) is 0 Å². The highest BCUT2D eigenvalue weighted by Gasteiger charge is 2.13. The average Bonchev–Trinajstić information content (AvgIpc) is 3.03. The molecule has 9 heteroatoms. The molecule has 0 aliphatic carbocycles. The number of nitrogens with one attached hydrogen (secondary N) is 1. The van der Waals surface area contributed by atoms with E-state index in [1.165, 1.54) is 0 Å². The lowest BCUT2D eigenvalue weighted by atomic mass is 10.2. The maximum atomic E-state index is 11.8. The van der Waals surface area contributed by atoms with Crippen LogP contribution in [0.4, 0.5) is 0 Å². The third-order valence-corrected chi connectivity index (χ3v) is 4.15. The van der Waals surface area contributed by atoms with Crippen molar-refractivity contribution in [1.82, 2.24) is 14.9 Å². The first-order valence-corrected chi connectivity index (χ1v) is 8.68. The summed E-state index contributed by atoms with van der Waals surface area (Å²) in [6, 6.07) is 9.25. The van der Waals surface area contributed by atoms with Crippen molar-refractivity contribution in [3.05, 3.63) is 36.2 Å². The summed E-state index contributed by atoms with van der Waals surface area (Å²) in [6.45, 7) is 0.825. The van der Waals surface area contributed by atoms with Crippen molar-refractivity contribution < 1.29 is 22.3 Å². The lowest BCUT2D eigenvalue weighted by Crippen LogP contribution is -2.28. The van der Waals surface area contributed by atoms with E-state index in [1.54, 1.807) is 7.11 Å². The maximum Gasteiger partial charge on any atom is 0.247 e. The van der Waals surface area contributed by atoms with Gasteiger partial charge in [-0.15, -0.1) is 10.2 Å². The van der Waals surface area contributed by atoms with Gasteiger partial charge in [-0.05, 0) is 12.1 Å². The molecule has 0 aliphatic heterocycles. The molecule has 1 aromatic carbocycles. The van der Waals surface area contributed by atoms with Gasteiger partial charge in [0.2, 0.25) is 21.8 Å². The Labute approximate surface area is 134 Å². The minimum Gasteiger partial charge on any atom is -0.419 e. The Kier molecular flexibility index (Phi) is 6.66. The Morgan fingerprint density at radius 2 is 1.91 bits per heavy atom. The summed E-state index contributed by atoms with van der Waals surface area (Å²) >= 11 is 0. The number of rotatable bonds is 10. The predicted octanol–water partition coefficient (Wildman–Crippen LogP) is 0.819. The largest absolute Gasteiger partial charge is 0.419 e. The molecule has 0 radical (unpaired) electrons. The predicted molar refractivity (Wildman–Crippen MR) is 83.1 cm³/mol. The zero-order valence-electron chi connectivity index (χ0n) is 12.8. The first-order chi connectivity index (χ1) is 11.1. The number of nitrogens with zero attached hydrogens (tertiary/aromatic N) is 2. The standard InChI is InChI=1S/C14H19N3O5S/c1-20-7-8-21-9-10-23(18,19)15-11-13-16-17-14(22-13)12-5-3-2-4-6-12/h2-6,15H,7-11H2,1H3. The van der Waals surface area contributed by atoms with Crippen LogP contribution in [0.15, 0.2) is 34.7 Å². The van der Waals surface area contributed by atoms with Gasteiger partial charge in [0.05, 0.1) is 32.1 Å². The Morgan fingerprint density at radius 3 is 2.65 bits per heavy atom. The second kappa shape index (κ2) is 8.73. The molecule has 8 nitrogen and oxygen atoms in total. The second-order valence-corrected chi connectivity index (χ2v) is 6.54. The van der Waals surface area contributed by atoms with Gasteiger partial charge in [-0.1, -0.05) is 18.2 Å². The van der Waals surface area contributed by atoms with Gasteiger partial charge >= 0.3 is 0 Å². The van der Waals surface area contributed by atoms with Gasteiger partial charge in [-0.2, -0.15) is 0 Å². The number of benzene rings is 1. The van der Waals surface area contributed by atoms with Gasteiger partial charge in [0.1, 0.15) is 0 Å². The quantitative estimate of drug-likeness (QED) is 0.638. The van der Waals surface area contributed by atoms with Crippen molar-refractivity contribution in [1.29, 1.82) is 0 Å². The van der Waals surface area contributed by atoms with Crippen molar-refractivity contribution in [3.8, 4) is 11.5 Å². The van der Waals surface area contributed by atoms with E-state index in [0.717, 1.165) is 5.56 Å². The van der Waals surface area contributed by atoms with Crippen molar-refractivity contribution in [2.24, 2.45) is 0 Å². The highest BCUT2D eigenvalue weighted by molar-refractivity contribution is 7.89. The zero-order valence-corrected chi connectivity index (χ0v) is 13.6. The molecule has 1 aromatic heterocycles. The van der Waals surface area contributed by atoms with Crippen molar-refractivity contribution in [3.63, 3.8) is 0 Å². The summed E-state index contributed by atoms with van der Waals surface area (Å²) < 4.78 is 41.4. The molecule has 0 spiro atoms. The molecule has 0 saturated heterocycles. The van der Waals surface area contributed by atoms with Gasteiger partial charge in [0, 0.05) is 12.7 Å². The first kappa shape index (κ1) is 17.5. The molecule has 0 atom stereocenters. The normalized spacial score (nSPS) is 11.7. The fourth-order valence-electron chi connectivity index (χ4n) is 1.68. The van der Waals surface area contributed by atoms with Gasteiger partial charge in [0.25, 0.3) is 0 Å². The summed E-state index contributed by atoms with van der Waals surface area (Å²) in [5.41, 5.74) is 0.778. The fraction of sp³-hybridized carbons (Fsp3) is 0.429. The smallest absolute Gasteiger partial charge is 0.247 e. The summed E-state index contributed by atoms with van der Waals surface area (Å²) in [4.78, 5) is 0. The molecule has 0 saturated carbocycles. The van der Waals surface area contributed by atoms with Crippen molar-refractivity contribution in [2.75, 3.05) is 32.7 Å². The molecule has 2 aromatic rings. The Morgan fingerprint density at radius 1 is 1.13 bits per heavy atom. The van der Waals surface area contributed by atoms with E-state index in [-0.39, 0.29) is 24.8 Å².